The van der Waals surface area contributed by atoms with Crippen molar-refractivity contribution in [3.8, 4) is 0 Å². The van der Waals surface area contributed by atoms with E-state index in [2.05, 4.69) is 4.74 Å². The monoisotopic (exact) mass is 226 g/mol. The molecular weight excluding hydrogens is 216 g/mol. The van der Waals surface area contributed by atoms with Crippen LogP contribution >= 0.6 is 11.8 Å². The predicted octanol–water partition coefficient (Wildman–Crippen LogP) is 1.89. The lowest BCUT2D eigenvalue weighted by atomic mass is 10.1. The molecule has 1 aromatic rings. The van der Waals surface area contributed by atoms with Crippen molar-refractivity contribution in [3.63, 3.8) is 0 Å². The third kappa shape index (κ3) is 2.50. The van der Waals surface area contributed by atoms with E-state index in [9.17, 15) is 9.59 Å². The number of carboxylic acid groups (broad SMARTS) is 1. The Morgan fingerprint density at radius 3 is 2.53 bits per heavy atom. The zero-order chi connectivity index (χ0) is 11.4. The summed E-state index contributed by atoms with van der Waals surface area (Å²) < 4.78 is 4.58. The zero-order valence-electron chi connectivity index (χ0n) is 8.31. The van der Waals surface area contributed by atoms with Crippen LogP contribution in [0, 0.1) is 0 Å². The van der Waals surface area contributed by atoms with E-state index < -0.39 is 11.9 Å². The highest BCUT2D eigenvalue weighted by atomic mass is 32.2. The van der Waals surface area contributed by atoms with Gasteiger partial charge in [-0.2, -0.15) is 0 Å². The maximum absolute atomic E-state index is 11.3. The summed E-state index contributed by atoms with van der Waals surface area (Å²) >= 11 is 1.31. The number of aromatic carboxylic acids is 1. The second-order valence-electron chi connectivity index (χ2n) is 2.71. The van der Waals surface area contributed by atoms with E-state index in [1.54, 1.807) is 6.26 Å². The van der Waals surface area contributed by atoms with E-state index in [0.29, 0.717) is 10.5 Å². The Labute approximate surface area is 91.2 Å². The van der Waals surface area contributed by atoms with Crippen molar-refractivity contribution in [1.82, 2.24) is 0 Å². The normalized spacial score (nSPS) is 9.73. The Kier molecular flexibility index (Phi) is 3.74. The van der Waals surface area contributed by atoms with E-state index in [0.717, 1.165) is 0 Å². The molecule has 80 valence electrons. The van der Waals surface area contributed by atoms with Gasteiger partial charge in [0.2, 0.25) is 0 Å². The lowest BCUT2D eigenvalue weighted by Crippen LogP contribution is -2.05. The number of rotatable bonds is 3. The molecule has 0 fully saturated rings. The smallest absolute Gasteiger partial charge is 0.338 e. The molecule has 5 heteroatoms. The molecule has 0 bridgehead atoms. The number of carboxylic acids is 1. The van der Waals surface area contributed by atoms with E-state index in [-0.39, 0.29) is 5.56 Å². The first kappa shape index (κ1) is 11.6. The SMILES string of the molecule is COC(=O)c1ccc(C(=O)O)cc1SC. The van der Waals surface area contributed by atoms with Crippen LogP contribution < -0.4 is 0 Å². The van der Waals surface area contributed by atoms with Gasteiger partial charge in [0.15, 0.2) is 0 Å². The molecular formula is C10H10O4S. The number of carbonyl (C=O) groups is 2. The summed E-state index contributed by atoms with van der Waals surface area (Å²) in [5.74, 6) is -1.47. The van der Waals surface area contributed by atoms with Gasteiger partial charge in [-0.1, -0.05) is 0 Å². The molecule has 0 unspecified atom stereocenters. The molecule has 0 amide bonds. The van der Waals surface area contributed by atoms with Gasteiger partial charge in [-0.3, -0.25) is 0 Å². The van der Waals surface area contributed by atoms with Crippen molar-refractivity contribution in [3.05, 3.63) is 29.3 Å². The van der Waals surface area contributed by atoms with Gasteiger partial charge in [-0.25, -0.2) is 9.59 Å². The van der Waals surface area contributed by atoms with Crippen molar-refractivity contribution in [2.45, 2.75) is 4.90 Å². The predicted molar refractivity (Wildman–Crippen MR) is 56.5 cm³/mol. The first-order valence-corrected chi connectivity index (χ1v) is 5.32. The van der Waals surface area contributed by atoms with Crippen LogP contribution in [-0.4, -0.2) is 30.4 Å². The van der Waals surface area contributed by atoms with Crippen LogP contribution in [0.1, 0.15) is 20.7 Å². The van der Waals surface area contributed by atoms with E-state index >= 15 is 0 Å². The summed E-state index contributed by atoms with van der Waals surface area (Å²) in [5, 5.41) is 8.77. The fourth-order valence-corrected chi connectivity index (χ4v) is 1.72. The van der Waals surface area contributed by atoms with Crippen LogP contribution in [-0.2, 0) is 4.74 Å². The fraction of sp³-hybridized carbons (Fsp3) is 0.200. The molecule has 0 aromatic heterocycles. The highest BCUT2D eigenvalue weighted by Crippen LogP contribution is 2.22. The zero-order valence-corrected chi connectivity index (χ0v) is 9.13. The van der Waals surface area contributed by atoms with Gasteiger partial charge in [-0.15, -0.1) is 11.8 Å². The van der Waals surface area contributed by atoms with Crippen LogP contribution in [0.15, 0.2) is 23.1 Å². The van der Waals surface area contributed by atoms with Gasteiger partial charge in [0, 0.05) is 4.90 Å². The molecule has 0 aliphatic heterocycles. The minimum Gasteiger partial charge on any atom is -0.478 e. The number of esters is 1. The molecule has 0 heterocycles. The molecule has 0 radical (unpaired) electrons. The standard InChI is InChI=1S/C10H10O4S/c1-14-10(13)7-4-3-6(9(11)12)5-8(7)15-2/h3-5H,1-2H3,(H,11,12). The Morgan fingerprint density at radius 2 is 2.07 bits per heavy atom. The average Bonchev–Trinajstić information content (AvgIpc) is 2.27. The van der Waals surface area contributed by atoms with Crippen LogP contribution in [0.5, 0.6) is 0 Å². The summed E-state index contributed by atoms with van der Waals surface area (Å²) in [7, 11) is 1.29. The summed E-state index contributed by atoms with van der Waals surface area (Å²) in [6.45, 7) is 0. The Bertz CT molecular complexity index is 400. The van der Waals surface area contributed by atoms with Crippen molar-refractivity contribution in [2.24, 2.45) is 0 Å². The number of ether oxygens (including phenoxy) is 1. The molecule has 0 aliphatic carbocycles. The first-order chi connectivity index (χ1) is 7.10. The number of thioether (sulfide) groups is 1. The molecule has 15 heavy (non-hydrogen) atoms. The van der Waals surface area contributed by atoms with Crippen LogP contribution in [0.25, 0.3) is 0 Å². The molecule has 0 aliphatic rings. The molecule has 4 nitrogen and oxygen atoms in total. The summed E-state index contributed by atoms with van der Waals surface area (Å²) in [4.78, 5) is 22.6. The van der Waals surface area contributed by atoms with Gasteiger partial charge in [0.05, 0.1) is 18.2 Å². The van der Waals surface area contributed by atoms with E-state index in [1.165, 1.54) is 37.1 Å². The van der Waals surface area contributed by atoms with Gasteiger partial charge in [-0.05, 0) is 24.5 Å². The second kappa shape index (κ2) is 4.84. The lowest BCUT2D eigenvalue weighted by molar-refractivity contribution is 0.0594. The highest BCUT2D eigenvalue weighted by Gasteiger charge is 2.13. The molecule has 1 rings (SSSR count). The Hall–Kier alpha value is -1.49. The third-order valence-electron chi connectivity index (χ3n) is 1.85. The fourth-order valence-electron chi connectivity index (χ4n) is 1.10. The molecule has 0 atom stereocenters. The second-order valence-corrected chi connectivity index (χ2v) is 3.56. The number of carbonyl (C=O) groups excluding carboxylic acids is 1. The minimum atomic E-state index is -1.01. The Balaban J connectivity index is 3.20. The summed E-state index contributed by atoms with van der Waals surface area (Å²) in [5.41, 5.74) is 0.544. The average molecular weight is 226 g/mol. The maximum atomic E-state index is 11.3. The molecule has 0 spiro atoms. The summed E-state index contributed by atoms with van der Waals surface area (Å²) in [6, 6.07) is 4.30. The van der Waals surface area contributed by atoms with Crippen LogP contribution in [0.2, 0.25) is 0 Å². The van der Waals surface area contributed by atoms with Gasteiger partial charge < -0.3 is 9.84 Å². The van der Waals surface area contributed by atoms with Gasteiger partial charge in [0.1, 0.15) is 0 Å². The number of methoxy groups -OCH3 is 1. The lowest BCUT2D eigenvalue weighted by Gasteiger charge is -2.05. The maximum Gasteiger partial charge on any atom is 0.338 e. The van der Waals surface area contributed by atoms with Gasteiger partial charge >= 0.3 is 11.9 Å². The van der Waals surface area contributed by atoms with E-state index in [1.807, 2.05) is 0 Å². The molecule has 0 saturated heterocycles. The topological polar surface area (TPSA) is 63.6 Å². The number of hydrogen-bond acceptors (Lipinski definition) is 4. The van der Waals surface area contributed by atoms with Crippen molar-refractivity contribution in [2.75, 3.05) is 13.4 Å². The van der Waals surface area contributed by atoms with Crippen molar-refractivity contribution >= 4 is 23.7 Å². The van der Waals surface area contributed by atoms with Crippen LogP contribution in [0.4, 0.5) is 0 Å². The Morgan fingerprint density at radius 1 is 1.40 bits per heavy atom. The summed E-state index contributed by atoms with van der Waals surface area (Å²) in [6.07, 6.45) is 1.77. The van der Waals surface area contributed by atoms with Crippen molar-refractivity contribution < 1.29 is 19.4 Å². The quantitative estimate of drug-likeness (QED) is 0.630. The van der Waals surface area contributed by atoms with Crippen LogP contribution in [0.3, 0.4) is 0 Å². The third-order valence-corrected chi connectivity index (χ3v) is 2.63. The largest absolute Gasteiger partial charge is 0.478 e. The van der Waals surface area contributed by atoms with E-state index in [4.69, 9.17) is 5.11 Å². The number of hydrogen-bond donors (Lipinski definition) is 1. The number of benzene rings is 1. The molecule has 1 N–H and O–H groups in total. The van der Waals surface area contributed by atoms with Crippen molar-refractivity contribution in [1.29, 1.82) is 0 Å². The molecule has 0 saturated carbocycles. The highest BCUT2D eigenvalue weighted by molar-refractivity contribution is 7.98. The van der Waals surface area contributed by atoms with Gasteiger partial charge in [0.25, 0.3) is 0 Å². The minimum absolute atomic E-state index is 0.159. The molecule has 1 aromatic carbocycles. The first-order valence-electron chi connectivity index (χ1n) is 4.09.